The molecule has 0 N–H and O–H groups in total. The Bertz CT molecular complexity index is 496. The zero-order chi connectivity index (χ0) is 13.4. The second kappa shape index (κ2) is 4.11. The van der Waals surface area contributed by atoms with Crippen LogP contribution in [0.25, 0.3) is 0 Å². The van der Waals surface area contributed by atoms with Gasteiger partial charge in [-0.1, -0.05) is 0 Å². The highest BCUT2D eigenvalue weighted by Crippen LogP contribution is 2.38. The Morgan fingerprint density at radius 2 is 1.88 bits per heavy atom. The van der Waals surface area contributed by atoms with Crippen LogP contribution in [0.2, 0.25) is 0 Å². The third kappa shape index (κ3) is 2.40. The van der Waals surface area contributed by atoms with Gasteiger partial charge in [-0.25, -0.2) is 0 Å². The average molecular weight is 251 g/mol. The van der Waals surface area contributed by atoms with Gasteiger partial charge in [-0.3, -0.25) is 14.9 Å². The van der Waals surface area contributed by atoms with Crippen LogP contribution in [0, 0.1) is 15.9 Å². The molecule has 4 nitrogen and oxygen atoms in total. The second-order valence-electron chi connectivity index (χ2n) is 3.13. The Hall–Kier alpha value is -1.99. The molecule has 92 valence electrons. The van der Waals surface area contributed by atoms with Crippen LogP contribution in [0.15, 0.2) is 12.1 Å². The van der Waals surface area contributed by atoms with Crippen LogP contribution in [0.1, 0.15) is 22.8 Å². The summed E-state index contributed by atoms with van der Waals surface area (Å²) in [6.07, 6.45) is -5.06. The van der Waals surface area contributed by atoms with Crippen molar-refractivity contribution in [1.82, 2.24) is 0 Å². The highest BCUT2D eigenvalue weighted by molar-refractivity contribution is 5.95. The summed E-state index contributed by atoms with van der Waals surface area (Å²) in [7, 11) is 0. The molecular weight excluding hydrogens is 246 g/mol. The van der Waals surface area contributed by atoms with Gasteiger partial charge in [-0.2, -0.15) is 17.6 Å². The minimum atomic E-state index is -5.06. The van der Waals surface area contributed by atoms with Gasteiger partial charge in [-0.15, -0.1) is 0 Å². The van der Waals surface area contributed by atoms with Crippen molar-refractivity contribution in [1.29, 1.82) is 0 Å². The zero-order valence-electron chi connectivity index (χ0n) is 8.34. The smallest absolute Gasteiger partial charge is 0.294 e. The van der Waals surface area contributed by atoms with Crippen molar-refractivity contribution in [2.75, 3.05) is 0 Å². The van der Waals surface area contributed by atoms with E-state index in [2.05, 4.69) is 0 Å². The SMILES string of the molecule is CC(=O)c1ccc(C(F)(F)F)c([N+](=O)[O-])c1F. The van der Waals surface area contributed by atoms with Crippen LogP contribution >= 0.6 is 0 Å². The molecule has 0 aliphatic heterocycles. The fraction of sp³-hybridized carbons (Fsp3) is 0.222. The molecule has 17 heavy (non-hydrogen) atoms. The normalized spacial score (nSPS) is 11.4. The van der Waals surface area contributed by atoms with Gasteiger partial charge in [0.1, 0.15) is 5.56 Å². The Kier molecular flexibility index (Phi) is 3.16. The number of carbonyl (C=O) groups excluding carboxylic acids is 1. The summed E-state index contributed by atoms with van der Waals surface area (Å²) < 4.78 is 50.5. The monoisotopic (exact) mass is 251 g/mol. The van der Waals surface area contributed by atoms with Gasteiger partial charge >= 0.3 is 11.9 Å². The number of hydrogen-bond donors (Lipinski definition) is 0. The lowest BCUT2D eigenvalue weighted by Gasteiger charge is -2.09. The molecule has 0 aliphatic rings. The standard InChI is InChI=1S/C9H5F4NO3/c1-4(15)5-2-3-6(9(11,12)13)8(7(5)10)14(16)17/h2-3H,1H3. The maximum absolute atomic E-state index is 13.4. The molecule has 0 unspecified atom stereocenters. The number of rotatable bonds is 2. The highest BCUT2D eigenvalue weighted by Gasteiger charge is 2.41. The highest BCUT2D eigenvalue weighted by atomic mass is 19.4. The van der Waals surface area contributed by atoms with Crippen molar-refractivity contribution in [3.8, 4) is 0 Å². The van der Waals surface area contributed by atoms with E-state index in [0.29, 0.717) is 12.1 Å². The molecule has 0 spiro atoms. The first-order valence-electron chi connectivity index (χ1n) is 4.21. The molecule has 0 radical (unpaired) electrons. The number of carbonyl (C=O) groups is 1. The fourth-order valence-corrected chi connectivity index (χ4v) is 1.24. The Morgan fingerprint density at radius 1 is 1.35 bits per heavy atom. The van der Waals surface area contributed by atoms with Gasteiger partial charge in [0, 0.05) is 0 Å². The molecule has 0 heterocycles. The molecule has 1 rings (SSSR count). The predicted molar refractivity (Wildman–Crippen MR) is 48.1 cm³/mol. The fourth-order valence-electron chi connectivity index (χ4n) is 1.24. The number of hydrogen-bond acceptors (Lipinski definition) is 3. The minimum absolute atomic E-state index is 0.317. The van der Waals surface area contributed by atoms with Gasteiger partial charge in [0.05, 0.1) is 10.5 Å². The summed E-state index contributed by atoms with van der Waals surface area (Å²) in [5.41, 5.74) is -4.19. The quantitative estimate of drug-likeness (QED) is 0.351. The van der Waals surface area contributed by atoms with Crippen LogP contribution in [-0.2, 0) is 6.18 Å². The molecule has 0 aliphatic carbocycles. The number of nitrogens with zero attached hydrogens (tertiary/aromatic N) is 1. The van der Waals surface area contributed by atoms with E-state index in [1.807, 2.05) is 0 Å². The maximum Gasteiger partial charge on any atom is 0.423 e. The summed E-state index contributed by atoms with van der Waals surface area (Å²) in [5, 5.41) is 10.4. The molecule has 0 amide bonds. The van der Waals surface area contributed by atoms with Crippen molar-refractivity contribution in [3.63, 3.8) is 0 Å². The number of nitro groups is 1. The first-order valence-corrected chi connectivity index (χ1v) is 4.21. The topological polar surface area (TPSA) is 60.2 Å². The molecule has 0 bridgehead atoms. The largest absolute Gasteiger partial charge is 0.423 e. The number of halogens is 4. The predicted octanol–water partition coefficient (Wildman–Crippen LogP) is 2.96. The van der Waals surface area contributed by atoms with E-state index in [9.17, 15) is 32.5 Å². The molecule has 0 aromatic heterocycles. The molecule has 0 atom stereocenters. The lowest BCUT2D eigenvalue weighted by Crippen LogP contribution is -2.12. The first-order chi connectivity index (χ1) is 7.66. The molecule has 1 aromatic rings. The van der Waals surface area contributed by atoms with E-state index in [-0.39, 0.29) is 0 Å². The summed E-state index contributed by atoms with van der Waals surface area (Å²) in [6.45, 7) is 0.898. The third-order valence-corrected chi connectivity index (χ3v) is 1.98. The van der Waals surface area contributed by atoms with Gasteiger partial charge in [0.2, 0.25) is 5.82 Å². The van der Waals surface area contributed by atoms with Crippen LogP contribution in [0.4, 0.5) is 23.2 Å². The van der Waals surface area contributed by atoms with Gasteiger partial charge < -0.3 is 0 Å². The molecule has 0 saturated carbocycles. The third-order valence-electron chi connectivity index (χ3n) is 1.98. The average Bonchev–Trinajstić information content (AvgIpc) is 2.14. The van der Waals surface area contributed by atoms with Crippen LogP contribution < -0.4 is 0 Å². The first kappa shape index (κ1) is 13.1. The van der Waals surface area contributed by atoms with Crippen molar-refractivity contribution >= 4 is 11.5 Å². The molecular formula is C9H5F4NO3. The second-order valence-corrected chi connectivity index (χ2v) is 3.13. The lowest BCUT2D eigenvalue weighted by atomic mass is 10.1. The maximum atomic E-state index is 13.4. The summed E-state index contributed by atoms with van der Waals surface area (Å²) in [5.74, 6) is -2.66. The number of ketones is 1. The van der Waals surface area contributed by atoms with Crippen LogP contribution in [0.5, 0.6) is 0 Å². The van der Waals surface area contributed by atoms with Crippen molar-refractivity contribution in [2.24, 2.45) is 0 Å². The summed E-state index contributed by atoms with van der Waals surface area (Å²) in [6, 6.07) is 0.894. The lowest BCUT2D eigenvalue weighted by molar-refractivity contribution is -0.390. The Balaban J connectivity index is 3.63. The van der Waals surface area contributed by atoms with Gasteiger partial charge in [0.25, 0.3) is 0 Å². The summed E-state index contributed by atoms with van der Waals surface area (Å²) >= 11 is 0. The Labute approximate surface area is 92.0 Å². The number of nitro benzene ring substituents is 1. The van der Waals surface area contributed by atoms with E-state index in [1.165, 1.54) is 0 Å². The van der Waals surface area contributed by atoms with E-state index >= 15 is 0 Å². The van der Waals surface area contributed by atoms with E-state index in [0.717, 1.165) is 6.92 Å². The van der Waals surface area contributed by atoms with Gasteiger partial charge in [-0.05, 0) is 19.1 Å². The van der Waals surface area contributed by atoms with E-state index in [4.69, 9.17) is 0 Å². The Morgan fingerprint density at radius 3 is 2.24 bits per heavy atom. The number of alkyl halides is 3. The van der Waals surface area contributed by atoms with Gasteiger partial charge in [0.15, 0.2) is 5.78 Å². The van der Waals surface area contributed by atoms with Crippen molar-refractivity contribution < 1.29 is 27.3 Å². The number of Topliss-reactive ketones (excluding diaryl/α,β-unsaturated/α-hetero) is 1. The molecule has 0 saturated heterocycles. The van der Waals surface area contributed by atoms with E-state index < -0.39 is 39.5 Å². The number of benzene rings is 1. The molecule has 1 aromatic carbocycles. The zero-order valence-corrected chi connectivity index (χ0v) is 8.34. The minimum Gasteiger partial charge on any atom is -0.294 e. The molecule has 0 fully saturated rings. The molecule has 8 heteroatoms. The van der Waals surface area contributed by atoms with Crippen molar-refractivity contribution in [2.45, 2.75) is 13.1 Å². The van der Waals surface area contributed by atoms with Crippen LogP contribution in [0.3, 0.4) is 0 Å². The summed E-state index contributed by atoms with van der Waals surface area (Å²) in [4.78, 5) is 19.8. The van der Waals surface area contributed by atoms with Crippen molar-refractivity contribution in [3.05, 3.63) is 39.2 Å². The van der Waals surface area contributed by atoms with Crippen LogP contribution in [-0.4, -0.2) is 10.7 Å². The van der Waals surface area contributed by atoms with E-state index in [1.54, 1.807) is 0 Å².